The van der Waals surface area contributed by atoms with Crippen LogP contribution in [0.5, 0.6) is 0 Å². The van der Waals surface area contributed by atoms with E-state index in [1.54, 1.807) is 16.3 Å². The van der Waals surface area contributed by atoms with Crippen molar-refractivity contribution in [1.29, 1.82) is 0 Å². The highest BCUT2D eigenvalue weighted by Crippen LogP contribution is 2.40. The summed E-state index contributed by atoms with van der Waals surface area (Å²) >= 11 is 2.58. The summed E-state index contributed by atoms with van der Waals surface area (Å²) in [6, 6.07) is 0.559. The van der Waals surface area contributed by atoms with Crippen LogP contribution in [0.1, 0.15) is 44.7 Å². The molecule has 31 heavy (non-hydrogen) atoms. The zero-order valence-corrected chi connectivity index (χ0v) is 18.1. The van der Waals surface area contributed by atoms with E-state index in [4.69, 9.17) is 4.74 Å². The molecule has 0 aromatic carbocycles. The third kappa shape index (κ3) is 4.19. The lowest BCUT2D eigenvalue weighted by atomic mass is 10.0. The van der Waals surface area contributed by atoms with E-state index in [2.05, 4.69) is 16.0 Å². The summed E-state index contributed by atoms with van der Waals surface area (Å²) in [5.74, 6) is -1.23. The molecule has 2 aliphatic heterocycles. The normalized spacial score (nSPS) is 20.8. The molecule has 0 spiro atoms. The standard InChI is InChI=1S/C19H20N4O6S2/c1-29-18(27)15-11(4-5-30-15)21-19(28)20-6-13-9-7-23(17(26)10(9)8-31-13)12-2-3-14(24)22-16(12)25/h4-5,8,12,17,26H,2-3,6-7H2,1H3,(H2,20,21,28)(H,22,24,25). The van der Waals surface area contributed by atoms with Crippen molar-refractivity contribution >= 4 is 52.2 Å². The van der Waals surface area contributed by atoms with Crippen LogP contribution in [0.25, 0.3) is 0 Å². The van der Waals surface area contributed by atoms with Crippen molar-refractivity contribution in [1.82, 2.24) is 15.5 Å². The van der Waals surface area contributed by atoms with Crippen LogP contribution in [-0.2, 0) is 27.4 Å². The van der Waals surface area contributed by atoms with Gasteiger partial charge in [-0.25, -0.2) is 9.59 Å². The van der Waals surface area contributed by atoms with Crippen LogP contribution < -0.4 is 16.0 Å². The number of urea groups is 1. The number of thiophene rings is 2. The first-order chi connectivity index (χ1) is 14.9. The summed E-state index contributed by atoms with van der Waals surface area (Å²) in [5.41, 5.74) is 1.94. The topological polar surface area (TPSA) is 137 Å². The SMILES string of the molecule is COC(=O)c1sccc1NC(=O)NCc1scc2c1CN(C1CCC(=O)NC1=O)C2O. The number of rotatable bonds is 5. The van der Waals surface area contributed by atoms with Crippen molar-refractivity contribution in [2.75, 3.05) is 12.4 Å². The number of esters is 1. The molecule has 0 saturated carbocycles. The number of fused-ring (bicyclic) bond motifs is 1. The monoisotopic (exact) mass is 464 g/mol. The molecule has 2 aromatic heterocycles. The number of ether oxygens (including phenoxy) is 1. The first kappa shape index (κ1) is 21.4. The molecule has 4 heterocycles. The Kier molecular flexibility index (Phi) is 6.05. The highest BCUT2D eigenvalue weighted by atomic mass is 32.1. The quantitative estimate of drug-likeness (QED) is 0.389. The van der Waals surface area contributed by atoms with Crippen LogP contribution >= 0.6 is 22.7 Å². The van der Waals surface area contributed by atoms with E-state index in [0.717, 1.165) is 10.4 Å². The highest BCUT2D eigenvalue weighted by Gasteiger charge is 2.41. The minimum atomic E-state index is -0.939. The number of piperidine rings is 1. The summed E-state index contributed by atoms with van der Waals surface area (Å²) in [4.78, 5) is 50.4. The predicted octanol–water partition coefficient (Wildman–Crippen LogP) is 1.53. The molecule has 10 nitrogen and oxygen atoms in total. The Hall–Kier alpha value is -2.80. The van der Waals surface area contributed by atoms with E-state index in [-0.39, 0.29) is 18.9 Å². The lowest BCUT2D eigenvalue weighted by Crippen LogP contribution is -2.51. The molecule has 0 radical (unpaired) electrons. The summed E-state index contributed by atoms with van der Waals surface area (Å²) < 4.78 is 4.70. The van der Waals surface area contributed by atoms with Gasteiger partial charge in [-0.3, -0.25) is 19.8 Å². The molecule has 164 valence electrons. The maximum Gasteiger partial charge on any atom is 0.350 e. The lowest BCUT2D eigenvalue weighted by Gasteiger charge is -2.31. The largest absolute Gasteiger partial charge is 0.465 e. The van der Waals surface area contributed by atoms with Gasteiger partial charge < -0.3 is 20.5 Å². The second-order valence-electron chi connectivity index (χ2n) is 7.07. The summed E-state index contributed by atoms with van der Waals surface area (Å²) in [7, 11) is 1.27. The summed E-state index contributed by atoms with van der Waals surface area (Å²) in [5, 5.41) is 21.9. The number of imide groups is 1. The van der Waals surface area contributed by atoms with Crippen molar-refractivity contribution in [2.45, 2.75) is 38.2 Å². The number of anilines is 1. The Balaban J connectivity index is 1.38. The Morgan fingerprint density at radius 3 is 2.90 bits per heavy atom. The molecule has 2 unspecified atom stereocenters. The van der Waals surface area contributed by atoms with Gasteiger partial charge >= 0.3 is 12.0 Å². The minimum Gasteiger partial charge on any atom is -0.465 e. The number of hydrogen-bond donors (Lipinski definition) is 4. The maximum atomic E-state index is 12.3. The predicted molar refractivity (Wildman–Crippen MR) is 113 cm³/mol. The Bertz CT molecular complexity index is 1050. The molecule has 2 aliphatic rings. The number of carbonyl (C=O) groups is 4. The van der Waals surface area contributed by atoms with Gasteiger partial charge in [0.25, 0.3) is 0 Å². The molecule has 2 aromatic rings. The van der Waals surface area contributed by atoms with Crippen LogP contribution in [0, 0.1) is 0 Å². The van der Waals surface area contributed by atoms with Crippen LogP contribution in [0.3, 0.4) is 0 Å². The van der Waals surface area contributed by atoms with Gasteiger partial charge in [0, 0.05) is 23.4 Å². The van der Waals surface area contributed by atoms with Gasteiger partial charge in [0.2, 0.25) is 11.8 Å². The number of hydrogen-bond acceptors (Lipinski definition) is 9. The van der Waals surface area contributed by atoms with E-state index in [1.807, 2.05) is 5.38 Å². The molecule has 0 aliphatic carbocycles. The maximum absolute atomic E-state index is 12.3. The van der Waals surface area contributed by atoms with Gasteiger partial charge in [-0.1, -0.05) is 0 Å². The van der Waals surface area contributed by atoms with Gasteiger partial charge in [-0.15, -0.1) is 22.7 Å². The second-order valence-corrected chi connectivity index (χ2v) is 8.95. The van der Waals surface area contributed by atoms with Crippen molar-refractivity contribution in [3.63, 3.8) is 0 Å². The Morgan fingerprint density at radius 2 is 2.16 bits per heavy atom. The molecule has 4 rings (SSSR count). The van der Waals surface area contributed by atoms with E-state index in [1.165, 1.54) is 29.8 Å². The van der Waals surface area contributed by atoms with Gasteiger partial charge in [-0.2, -0.15) is 0 Å². The minimum absolute atomic E-state index is 0.222. The van der Waals surface area contributed by atoms with Crippen molar-refractivity contribution in [2.24, 2.45) is 0 Å². The number of aliphatic hydroxyl groups excluding tert-OH is 1. The number of nitrogens with one attached hydrogen (secondary N) is 3. The zero-order valence-electron chi connectivity index (χ0n) is 16.5. The summed E-state index contributed by atoms with van der Waals surface area (Å²) in [6.45, 7) is 0.571. The van der Waals surface area contributed by atoms with Gasteiger partial charge in [0.05, 0.1) is 25.4 Å². The molecular weight excluding hydrogens is 444 g/mol. The number of methoxy groups -OCH3 is 1. The van der Waals surface area contributed by atoms with E-state index >= 15 is 0 Å². The van der Waals surface area contributed by atoms with E-state index < -0.39 is 30.2 Å². The van der Waals surface area contributed by atoms with Crippen molar-refractivity contribution < 1.29 is 29.0 Å². The molecule has 2 atom stereocenters. The molecule has 1 saturated heterocycles. The number of aliphatic hydroxyl groups is 1. The molecule has 0 bridgehead atoms. The van der Waals surface area contributed by atoms with Crippen LogP contribution in [-0.4, -0.2) is 47.0 Å². The fourth-order valence-corrected chi connectivity index (χ4v) is 5.47. The van der Waals surface area contributed by atoms with Crippen LogP contribution in [0.4, 0.5) is 10.5 Å². The van der Waals surface area contributed by atoms with E-state index in [0.29, 0.717) is 29.1 Å². The molecule has 4 N–H and O–H groups in total. The van der Waals surface area contributed by atoms with Crippen LogP contribution in [0.2, 0.25) is 0 Å². The number of amides is 4. The van der Waals surface area contributed by atoms with Crippen molar-refractivity contribution in [3.8, 4) is 0 Å². The Morgan fingerprint density at radius 1 is 1.35 bits per heavy atom. The second kappa shape index (κ2) is 8.75. The molecule has 1 fully saturated rings. The average Bonchev–Trinajstić information content (AvgIpc) is 3.43. The smallest absolute Gasteiger partial charge is 0.350 e. The summed E-state index contributed by atoms with van der Waals surface area (Å²) in [6.07, 6.45) is -0.350. The zero-order chi connectivity index (χ0) is 22.1. The average molecular weight is 465 g/mol. The third-order valence-corrected chi connectivity index (χ3v) is 7.19. The number of nitrogens with zero attached hydrogens (tertiary/aromatic N) is 1. The first-order valence-electron chi connectivity index (χ1n) is 9.46. The van der Waals surface area contributed by atoms with Gasteiger partial charge in [0.1, 0.15) is 11.1 Å². The fourth-order valence-electron chi connectivity index (χ4n) is 3.69. The van der Waals surface area contributed by atoms with Gasteiger partial charge in [0.15, 0.2) is 0 Å². The third-order valence-electron chi connectivity index (χ3n) is 5.25. The van der Waals surface area contributed by atoms with Crippen molar-refractivity contribution in [3.05, 3.63) is 37.7 Å². The fraction of sp³-hybridized carbons (Fsp3) is 0.368. The Labute approximate surface area is 185 Å². The molecular formula is C19H20N4O6S2. The van der Waals surface area contributed by atoms with E-state index in [9.17, 15) is 24.3 Å². The molecule has 12 heteroatoms. The van der Waals surface area contributed by atoms with Gasteiger partial charge in [-0.05, 0) is 28.8 Å². The van der Waals surface area contributed by atoms with Crippen LogP contribution in [0.15, 0.2) is 16.8 Å². The lowest BCUT2D eigenvalue weighted by molar-refractivity contribution is -0.141. The molecule has 4 amide bonds. The number of carbonyl (C=O) groups excluding carboxylic acids is 4. The first-order valence-corrected chi connectivity index (χ1v) is 11.2. The highest BCUT2D eigenvalue weighted by molar-refractivity contribution is 7.12.